The number of aromatic nitrogens is 1. The molecule has 1 heterocycles. The van der Waals surface area contributed by atoms with Crippen LogP contribution in [0.2, 0.25) is 0 Å². The van der Waals surface area contributed by atoms with Crippen LogP contribution in [0, 0.1) is 13.8 Å². The van der Waals surface area contributed by atoms with Gasteiger partial charge in [-0.3, -0.25) is 4.79 Å². The van der Waals surface area contributed by atoms with Gasteiger partial charge in [-0.1, -0.05) is 23.4 Å². The van der Waals surface area contributed by atoms with E-state index in [1.807, 2.05) is 18.2 Å². The van der Waals surface area contributed by atoms with Gasteiger partial charge in [-0.2, -0.15) is 4.72 Å². The summed E-state index contributed by atoms with van der Waals surface area (Å²) in [4.78, 5) is 11.5. The predicted molar refractivity (Wildman–Crippen MR) is 84.1 cm³/mol. The van der Waals surface area contributed by atoms with Crippen molar-refractivity contribution in [1.29, 1.82) is 0 Å². The maximum absolute atomic E-state index is 12.1. The lowest BCUT2D eigenvalue weighted by Crippen LogP contribution is -2.31. The third kappa shape index (κ3) is 4.80. The van der Waals surface area contributed by atoms with E-state index in [-0.39, 0.29) is 29.6 Å². The molecular weight excluding hydrogens is 336 g/mol. The average molecular weight is 354 g/mol. The Labute approximate surface area is 139 Å². The first kappa shape index (κ1) is 18.0. The molecule has 130 valence electrons. The highest BCUT2D eigenvalue weighted by atomic mass is 32.2. The molecule has 0 amide bonds. The van der Waals surface area contributed by atoms with Gasteiger partial charge in [0.1, 0.15) is 36.1 Å². The lowest BCUT2D eigenvalue weighted by Gasteiger charge is -2.08. The van der Waals surface area contributed by atoms with E-state index < -0.39 is 22.5 Å². The number of nitrogens with one attached hydrogen (secondary N) is 1. The molecule has 1 aromatic carbocycles. The number of ether oxygens (including phenoxy) is 2. The van der Waals surface area contributed by atoms with Crippen molar-refractivity contribution in [3.63, 3.8) is 0 Å². The molecule has 1 N–H and O–H groups in total. The Bertz CT molecular complexity index is 766. The third-order valence-electron chi connectivity index (χ3n) is 3.00. The molecule has 0 aliphatic carbocycles. The number of hydrogen-bond acceptors (Lipinski definition) is 7. The molecule has 24 heavy (non-hydrogen) atoms. The zero-order chi connectivity index (χ0) is 17.6. The maximum atomic E-state index is 12.1. The highest BCUT2D eigenvalue weighted by Gasteiger charge is 2.24. The molecule has 1 aromatic heterocycles. The zero-order valence-corrected chi connectivity index (χ0v) is 14.1. The number of sulfonamides is 1. The van der Waals surface area contributed by atoms with Gasteiger partial charge < -0.3 is 14.0 Å². The monoisotopic (exact) mass is 354 g/mol. The summed E-state index contributed by atoms with van der Waals surface area (Å²) in [6.45, 7) is 2.68. The Kier molecular flexibility index (Phi) is 5.93. The molecule has 9 heteroatoms. The summed E-state index contributed by atoms with van der Waals surface area (Å²) in [6, 6.07) is 9.06. The van der Waals surface area contributed by atoms with Gasteiger partial charge >= 0.3 is 5.97 Å². The van der Waals surface area contributed by atoms with E-state index >= 15 is 0 Å². The van der Waals surface area contributed by atoms with Gasteiger partial charge in [-0.05, 0) is 26.0 Å². The maximum Gasteiger partial charge on any atom is 0.321 e. The van der Waals surface area contributed by atoms with E-state index in [0.29, 0.717) is 5.75 Å². The van der Waals surface area contributed by atoms with Crippen LogP contribution >= 0.6 is 0 Å². The molecule has 2 aromatic rings. The van der Waals surface area contributed by atoms with E-state index in [1.54, 1.807) is 12.1 Å². The van der Waals surface area contributed by atoms with Crippen LogP contribution in [0.25, 0.3) is 0 Å². The highest BCUT2D eigenvalue weighted by Crippen LogP contribution is 2.18. The van der Waals surface area contributed by atoms with Crippen molar-refractivity contribution in [1.82, 2.24) is 9.88 Å². The van der Waals surface area contributed by atoms with Gasteiger partial charge in [-0.15, -0.1) is 0 Å². The summed E-state index contributed by atoms with van der Waals surface area (Å²) in [5.74, 6) is 0.110. The summed E-state index contributed by atoms with van der Waals surface area (Å²) in [5, 5.41) is 3.57. The van der Waals surface area contributed by atoms with Gasteiger partial charge in [0.25, 0.3) is 0 Å². The SMILES string of the molecule is Cc1noc(C)c1S(=O)(=O)NCC(=O)OCCOc1ccccc1. The molecule has 0 atom stereocenters. The zero-order valence-electron chi connectivity index (χ0n) is 13.3. The predicted octanol–water partition coefficient (Wildman–Crippen LogP) is 1.19. The topological polar surface area (TPSA) is 108 Å². The number of aryl methyl sites for hydroxylation is 2. The molecule has 8 nitrogen and oxygen atoms in total. The summed E-state index contributed by atoms with van der Waals surface area (Å²) in [5.41, 5.74) is 0.227. The van der Waals surface area contributed by atoms with E-state index in [9.17, 15) is 13.2 Å². The van der Waals surface area contributed by atoms with E-state index in [1.165, 1.54) is 13.8 Å². The van der Waals surface area contributed by atoms with Crippen LogP contribution in [-0.4, -0.2) is 39.3 Å². The lowest BCUT2D eigenvalue weighted by atomic mass is 10.3. The summed E-state index contributed by atoms with van der Waals surface area (Å²) in [7, 11) is -3.89. The molecule has 2 rings (SSSR count). The quantitative estimate of drug-likeness (QED) is 0.560. The van der Waals surface area contributed by atoms with Gasteiger partial charge in [0.2, 0.25) is 10.0 Å². The molecule has 0 aliphatic heterocycles. The van der Waals surface area contributed by atoms with Crippen LogP contribution < -0.4 is 9.46 Å². The third-order valence-corrected chi connectivity index (χ3v) is 4.65. The summed E-state index contributed by atoms with van der Waals surface area (Å²) >= 11 is 0. The standard InChI is InChI=1S/C15H18N2O6S/c1-11-15(12(2)23-17-11)24(19,20)16-10-14(18)22-9-8-21-13-6-4-3-5-7-13/h3-7,16H,8-10H2,1-2H3. The number of hydrogen-bond donors (Lipinski definition) is 1. The minimum atomic E-state index is -3.89. The van der Waals surface area contributed by atoms with Crippen LogP contribution in [0.15, 0.2) is 39.8 Å². The molecule has 0 spiro atoms. The molecule has 0 aliphatic rings. The molecule has 0 bridgehead atoms. The van der Waals surface area contributed by atoms with Crippen molar-refractivity contribution >= 4 is 16.0 Å². The second kappa shape index (κ2) is 7.93. The number of para-hydroxylation sites is 1. The van der Waals surface area contributed by atoms with E-state index in [2.05, 4.69) is 9.88 Å². The minimum absolute atomic E-state index is 0.0147. The van der Waals surface area contributed by atoms with E-state index in [0.717, 1.165) is 0 Å². The normalized spacial score (nSPS) is 11.2. The second-order valence-electron chi connectivity index (χ2n) is 4.86. The first-order chi connectivity index (χ1) is 11.4. The van der Waals surface area contributed by atoms with Crippen LogP contribution in [-0.2, 0) is 19.6 Å². The van der Waals surface area contributed by atoms with Gasteiger partial charge in [-0.25, -0.2) is 8.42 Å². The Morgan fingerprint density at radius 2 is 1.92 bits per heavy atom. The molecule has 0 fully saturated rings. The Hall–Kier alpha value is -2.39. The summed E-state index contributed by atoms with van der Waals surface area (Å²) in [6.07, 6.45) is 0. The fourth-order valence-corrected chi connectivity index (χ4v) is 3.26. The van der Waals surface area contributed by atoms with Gasteiger partial charge in [0, 0.05) is 0 Å². The molecular formula is C15H18N2O6S. The van der Waals surface area contributed by atoms with Crippen molar-refractivity contribution in [3.05, 3.63) is 41.8 Å². The number of benzene rings is 1. The number of rotatable bonds is 8. The smallest absolute Gasteiger partial charge is 0.321 e. The number of nitrogens with zero attached hydrogens (tertiary/aromatic N) is 1. The minimum Gasteiger partial charge on any atom is -0.490 e. The summed E-state index contributed by atoms with van der Waals surface area (Å²) < 4.78 is 41.5. The Morgan fingerprint density at radius 1 is 1.21 bits per heavy atom. The largest absolute Gasteiger partial charge is 0.490 e. The Morgan fingerprint density at radius 3 is 2.54 bits per heavy atom. The number of carbonyl (C=O) groups excluding carboxylic acids is 1. The van der Waals surface area contributed by atoms with Crippen molar-refractivity contribution in [2.24, 2.45) is 0 Å². The molecule has 0 saturated heterocycles. The fourth-order valence-electron chi connectivity index (χ4n) is 1.97. The number of esters is 1. The molecule has 0 radical (unpaired) electrons. The second-order valence-corrected chi connectivity index (χ2v) is 6.56. The van der Waals surface area contributed by atoms with E-state index in [4.69, 9.17) is 14.0 Å². The van der Waals surface area contributed by atoms with Crippen molar-refractivity contribution in [2.45, 2.75) is 18.7 Å². The molecule has 0 saturated carbocycles. The average Bonchev–Trinajstić information content (AvgIpc) is 2.90. The van der Waals surface area contributed by atoms with Crippen LogP contribution in [0.4, 0.5) is 0 Å². The first-order valence-corrected chi connectivity index (χ1v) is 8.64. The van der Waals surface area contributed by atoms with Crippen molar-refractivity contribution < 1.29 is 27.2 Å². The first-order valence-electron chi connectivity index (χ1n) is 7.16. The Balaban J connectivity index is 1.75. The van der Waals surface area contributed by atoms with Crippen LogP contribution in [0.5, 0.6) is 5.75 Å². The van der Waals surface area contributed by atoms with Crippen molar-refractivity contribution in [2.75, 3.05) is 19.8 Å². The molecule has 0 unspecified atom stereocenters. The van der Waals surface area contributed by atoms with Gasteiger partial charge in [0.05, 0.1) is 0 Å². The van der Waals surface area contributed by atoms with Crippen LogP contribution in [0.3, 0.4) is 0 Å². The number of carbonyl (C=O) groups is 1. The van der Waals surface area contributed by atoms with Crippen LogP contribution in [0.1, 0.15) is 11.5 Å². The highest BCUT2D eigenvalue weighted by molar-refractivity contribution is 7.89. The van der Waals surface area contributed by atoms with Gasteiger partial charge in [0.15, 0.2) is 5.76 Å². The van der Waals surface area contributed by atoms with Crippen molar-refractivity contribution in [3.8, 4) is 5.75 Å². The lowest BCUT2D eigenvalue weighted by molar-refractivity contribution is -0.142. The fraction of sp³-hybridized carbons (Fsp3) is 0.333.